The molecule has 0 aliphatic heterocycles. The van der Waals surface area contributed by atoms with E-state index in [9.17, 15) is 13.2 Å². The lowest BCUT2D eigenvalue weighted by atomic mass is 9.95. The molecule has 0 spiro atoms. The Morgan fingerprint density at radius 1 is 1.13 bits per heavy atom. The molecule has 1 fully saturated rings. The molecule has 0 radical (unpaired) electrons. The number of carbonyl (C=O) groups is 1. The smallest absolute Gasteiger partial charge is 0.243 e. The van der Waals surface area contributed by atoms with Gasteiger partial charge < -0.3 is 10.1 Å². The van der Waals surface area contributed by atoms with Gasteiger partial charge in [-0.1, -0.05) is 53.4 Å². The number of amides is 1. The number of methoxy groups -OCH3 is 1. The minimum Gasteiger partial charge on any atom is -0.496 e. The third-order valence-electron chi connectivity index (χ3n) is 5.68. The minimum atomic E-state index is -3.80. The van der Waals surface area contributed by atoms with E-state index in [1.807, 2.05) is 31.2 Å². The highest BCUT2D eigenvalue weighted by Crippen LogP contribution is 2.29. The van der Waals surface area contributed by atoms with Gasteiger partial charge in [-0.2, -0.15) is 4.31 Å². The Bertz CT molecular complexity index is 989. The van der Waals surface area contributed by atoms with Gasteiger partial charge in [0.05, 0.1) is 24.6 Å². The van der Waals surface area contributed by atoms with E-state index in [2.05, 4.69) is 21.2 Å². The lowest BCUT2D eigenvalue weighted by molar-refractivity contribution is -0.122. The van der Waals surface area contributed by atoms with E-state index in [4.69, 9.17) is 4.74 Å². The van der Waals surface area contributed by atoms with Crippen molar-refractivity contribution in [3.63, 3.8) is 0 Å². The highest BCUT2D eigenvalue weighted by atomic mass is 79.9. The van der Waals surface area contributed by atoms with Gasteiger partial charge in [-0.05, 0) is 50.1 Å². The van der Waals surface area contributed by atoms with Gasteiger partial charge in [-0.15, -0.1) is 0 Å². The fourth-order valence-electron chi connectivity index (χ4n) is 4.05. The first kappa shape index (κ1) is 23.8. The van der Waals surface area contributed by atoms with Crippen LogP contribution in [0, 0.1) is 0 Å². The lowest BCUT2D eigenvalue weighted by Gasteiger charge is -2.33. The molecule has 1 atom stereocenters. The highest BCUT2D eigenvalue weighted by Gasteiger charge is 2.34. The third kappa shape index (κ3) is 5.87. The topological polar surface area (TPSA) is 75.7 Å². The summed E-state index contributed by atoms with van der Waals surface area (Å²) in [5, 5.41) is 2.94. The van der Waals surface area contributed by atoms with Crippen LogP contribution in [0.1, 0.15) is 50.6 Å². The maximum Gasteiger partial charge on any atom is 0.243 e. The molecule has 2 aromatic rings. The van der Waals surface area contributed by atoms with E-state index in [-0.39, 0.29) is 29.4 Å². The van der Waals surface area contributed by atoms with Crippen molar-refractivity contribution in [2.45, 2.75) is 56.0 Å². The predicted molar refractivity (Wildman–Crippen MR) is 124 cm³/mol. The molecule has 1 aliphatic rings. The van der Waals surface area contributed by atoms with Gasteiger partial charge in [0.25, 0.3) is 0 Å². The number of hydrogen-bond acceptors (Lipinski definition) is 4. The quantitative estimate of drug-likeness (QED) is 0.562. The van der Waals surface area contributed by atoms with Crippen molar-refractivity contribution in [2.24, 2.45) is 0 Å². The molecule has 0 heterocycles. The molecule has 168 valence electrons. The number of hydrogen-bond donors (Lipinski definition) is 1. The Morgan fingerprint density at radius 3 is 2.42 bits per heavy atom. The van der Waals surface area contributed by atoms with Gasteiger partial charge >= 0.3 is 0 Å². The molecule has 3 rings (SSSR count). The van der Waals surface area contributed by atoms with Crippen molar-refractivity contribution >= 4 is 31.9 Å². The van der Waals surface area contributed by atoms with E-state index < -0.39 is 10.0 Å². The van der Waals surface area contributed by atoms with Crippen molar-refractivity contribution in [3.05, 3.63) is 58.6 Å². The molecule has 1 amide bonds. The summed E-state index contributed by atoms with van der Waals surface area (Å²) in [5.41, 5.74) is 0.846. The summed E-state index contributed by atoms with van der Waals surface area (Å²) in [6.45, 7) is 1.66. The molecule has 0 saturated heterocycles. The summed E-state index contributed by atoms with van der Waals surface area (Å²) in [6, 6.07) is 13.5. The zero-order valence-electron chi connectivity index (χ0n) is 17.9. The van der Waals surface area contributed by atoms with E-state index in [0.29, 0.717) is 5.75 Å². The molecule has 31 heavy (non-hydrogen) atoms. The van der Waals surface area contributed by atoms with Gasteiger partial charge in [-0.25, -0.2) is 8.42 Å². The van der Waals surface area contributed by atoms with Crippen LogP contribution in [0.2, 0.25) is 0 Å². The van der Waals surface area contributed by atoms with Crippen molar-refractivity contribution in [1.82, 2.24) is 9.62 Å². The zero-order valence-corrected chi connectivity index (χ0v) is 20.3. The third-order valence-corrected chi connectivity index (χ3v) is 8.13. The van der Waals surface area contributed by atoms with Crippen LogP contribution in [-0.2, 0) is 14.8 Å². The second-order valence-corrected chi connectivity index (χ2v) is 10.6. The molecule has 1 N–H and O–H groups in total. The Balaban J connectivity index is 1.81. The summed E-state index contributed by atoms with van der Waals surface area (Å²) in [7, 11) is -2.21. The van der Waals surface area contributed by atoms with Crippen LogP contribution in [0.3, 0.4) is 0 Å². The number of rotatable bonds is 8. The molecule has 1 aliphatic carbocycles. The van der Waals surface area contributed by atoms with Gasteiger partial charge in [0.1, 0.15) is 5.75 Å². The highest BCUT2D eigenvalue weighted by molar-refractivity contribution is 9.10. The second kappa shape index (κ2) is 10.6. The lowest BCUT2D eigenvalue weighted by Crippen LogP contribution is -2.47. The zero-order chi connectivity index (χ0) is 22.4. The Labute approximate surface area is 193 Å². The van der Waals surface area contributed by atoms with E-state index in [0.717, 1.165) is 42.1 Å². The number of carbonyl (C=O) groups excluding carboxylic acids is 1. The van der Waals surface area contributed by atoms with E-state index in [1.165, 1.54) is 4.31 Å². The minimum absolute atomic E-state index is 0.172. The van der Waals surface area contributed by atoms with Gasteiger partial charge in [0, 0.05) is 16.1 Å². The SMILES string of the molecule is COc1ccccc1[C@@H](C)NC(=O)CN(C1CCCCC1)S(=O)(=O)c1ccc(Br)cc1. The average Bonchev–Trinajstić information content (AvgIpc) is 2.78. The van der Waals surface area contributed by atoms with Gasteiger partial charge in [0.15, 0.2) is 0 Å². The van der Waals surface area contributed by atoms with Gasteiger partial charge in [-0.3, -0.25) is 4.79 Å². The number of nitrogens with zero attached hydrogens (tertiary/aromatic N) is 1. The van der Waals surface area contributed by atoms with Crippen molar-refractivity contribution < 1.29 is 17.9 Å². The van der Waals surface area contributed by atoms with Crippen LogP contribution in [-0.4, -0.2) is 38.3 Å². The Morgan fingerprint density at radius 2 is 1.77 bits per heavy atom. The second-order valence-electron chi connectivity index (χ2n) is 7.83. The molecule has 8 heteroatoms. The van der Waals surface area contributed by atoms with Crippen LogP contribution in [0.5, 0.6) is 5.75 Å². The van der Waals surface area contributed by atoms with Crippen molar-refractivity contribution in [2.75, 3.05) is 13.7 Å². The first-order valence-electron chi connectivity index (χ1n) is 10.5. The standard InChI is InChI=1S/C23H29BrN2O4S/c1-17(21-10-6-7-11-22(21)30-2)25-23(27)16-26(19-8-4-3-5-9-19)31(28,29)20-14-12-18(24)13-15-20/h6-7,10-15,17,19H,3-5,8-9,16H2,1-2H3,(H,25,27)/t17-/m1/s1. The molecule has 2 aromatic carbocycles. The predicted octanol–water partition coefficient (Wildman–Crippen LogP) is 4.66. The molecular formula is C23H29BrN2O4S. The number of ether oxygens (including phenoxy) is 1. The normalized spacial score (nSPS) is 16.1. The number of halogens is 1. The maximum absolute atomic E-state index is 13.4. The number of nitrogens with one attached hydrogen (secondary N) is 1. The van der Waals surface area contributed by atoms with Crippen LogP contribution in [0.4, 0.5) is 0 Å². The van der Waals surface area contributed by atoms with E-state index >= 15 is 0 Å². The summed E-state index contributed by atoms with van der Waals surface area (Å²) >= 11 is 3.34. The Hall–Kier alpha value is -1.90. The number of para-hydroxylation sites is 1. The summed E-state index contributed by atoms with van der Waals surface area (Å²) in [6.07, 6.45) is 4.57. The van der Waals surface area contributed by atoms with Crippen molar-refractivity contribution in [1.29, 1.82) is 0 Å². The van der Waals surface area contributed by atoms with E-state index in [1.54, 1.807) is 31.4 Å². The maximum atomic E-state index is 13.4. The fourth-order valence-corrected chi connectivity index (χ4v) is 5.96. The molecule has 1 saturated carbocycles. The average molecular weight is 509 g/mol. The fraction of sp³-hybridized carbons (Fsp3) is 0.435. The molecular weight excluding hydrogens is 480 g/mol. The molecule has 6 nitrogen and oxygen atoms in total. The van der Waals surface area contributed by atoms with Crippen LogP contribution < -0.4 is 10.1 Å². The van der Waals surface area contributed by atoms with Crippen LogP contribution >= 0.6 is 15.9 Å². The number of sulfonamides is 1. The number of benzene rings is 2. The van der Waals surface area contributed by atoms with Crippen LogP contribution in [0.25, 0.3) is 0 Å². The monoisotopic (exact) mass is 508 g/mol. The first-order valence-corrected chi connectivity index (χ1v) is 12.8. The van der Waals surface area contributed by atoms with Gasteiger partial charge in [0.2, 0.25) is 15.9 Å². The van der Waals surface area contributed by atoms with Crippen LogP contribution in [0.15, 0.2) is 57.9 Å². The summed E-state index contributed by atoms with van der Waals surface area (Å²) < 4.78 is 34.5. The Kier molecular flexibility index (Phi) is 8.13. The molecule has 0 bridgehead atoms. The summed E-state index contributed by atoms with van der Waals surface area (Å²) in [4.78, 5) is 13.1. The molecule has 0 unspecified atom stereocenters. The first-order chi connectivity index (χ1) is 14.8. The summed E-state index contributed by atoms with van der Waals surface area (Å²) in [5.74, 6) is 0.353. The largest absolute Gasteiger partial charge is 0.496 e. The molecule has 0 aromatic heterocycles. The van der Waals surface area contributed by atoms with Crippen molar-refractivity contribution in [3.8, 4) is 5.75 Å².